The zero-order valence-corrected chi connectivity index (χ0v) is 34.6. The van der Waals surface area contributed by atoms with Crippen LogP contribution < -0.4 is 10.1 Å². The molecule has 2 aromatic carbocycles. The minimum atomic E-state index is -4.61. The first-order valence-electron chi connectivity index (χ1n) is 20.5. The number of ether oxygens (including phenoxy) is 2. The number of methoxy groups -OCH3 is 2. The second kappa shape index (κ2) is 14.8. The molecule has 6 aliphatic carbocycles. The molecule has 9 nitrogen and oxygen atoms in total. The molecule has 1 heterocycles. The first-order chi connectivity index (χ1) is 27.9. The molecule has 6 aliphatic rings. The number of carbonyl (C=O) groups excluding carboxylic acids is 2. The monoisotopic (exact) mass is 836 g/mol. The van der Waals surface area contributed by atoms with Gasteiger partial charge in [-0.1, -0.05) is 43.7 Å². The molecule has 2 spiro atoms. The molecule has 8 atom stereocenters. The standard InChI is InChI=1S/C46H52ClF3N2O7/c1-41-17-14-30(53)25-43(41)20-21-45(33(26-43)39(54)36-13-12-35(59-36)32-24-28(46(48,49)50)6-11-34(32)47)37(41)15-18-42(2)38(45)16-19-44(42,56)27-52(22-5-23-57-3)40(55)51-29-7-9-31(58-4)10-8-29/h6-13,20-21,24,26,30,37-38,53,56H,5,14-19,22-23,25,27H2,1-4H3,(H,51,55). The lowest BCUT2D eigenvalue weighted by atomic mass is 9.32. The summed E-state index contributed by atoms with van der Waals surface area (Å²) in [5.74, 6) is 0.0594. The summed E-state index contributed by atoms with van der Waals surface area (Å²) < 4.78 is 57.9. The first kappa shape index (κ1) is 41.6. The van der Waals surface area contributed by atoms with Crippen molar-refractivity contribution in [1.29, 1.82) is 0 Å². The van der Waals surface area contributed by atoms with Gasteiger partial charge in [0.25, 0.3) is 0 Å². The summed E-state index contributed by atoms with van der Waals surface area (Å²) in [6.45, 7) is 5.22. The van der Waals surface area contributed by atoms with Gasteiger partial charge in [-0.25, -0.2) is 4.79 Å². The summed E-state index contributed by atoms with van der Waals surface area (Å²) >= 11 is 6.39. The molecule has 2 bridgehead atoms. The first-order valence-corrected chi connectivity index (χ1v) is 20.9. The van der Waals surface area contributed by atoms with E-state index in [0.717, 1.165) is 18.6 Å². The van der Waals surface area contributed by atoms with Crippen molar-refractivity contribution < 1.29 is 46.9 Å². The third-order valence-corrected chi connectivity index (χ3v) is 15.5. The minimum Gasteiger partial charge on any atom is -0.497 e. The number of anilines is 1. The van der Waals surface area contributed by atoms with Gasteiger partial charge in [0.05, 0.1) is 35.9 Å². The summed E-state index contributed by atoms with van der Waals surface area (Å²) in [6.07, 6.45) is 6.02. The summed E-state index contributed by atoms with van der Waals surface area (Å²) in [5, 5.41) is 27.2. The Balaban J connectivity index is 1.16. The number of hydrogen-bond donors (Lipinski definition) is 3. The van der Waals surface area contributed by atoms with Crippen molar-refractivity contribution in [2.45, 2.75) is 83.1 Å². The van der Waals surface area contributed by atoms with E-state index in [-0.39, 0.29) is 57.7 Å². The van der Waals surface area contributed by atoms with E-state index in [1.54, 1.807) is 43.4 Å². The fourth-order valence-electron chi connectivity index (χ4n) is 12.1. The van der Waals surface area contributed by atoms with Crippen molar-refractivity contribution in [2.24, 2.45) is 33.5 Å². The van der Waals surface area contributed by atoms with E-state index in [4.69, 9.17) is 25.5 Å². The van der Waals surface area contributed by atoms with Crippen molar-refractivity contribution >= 4 is 29.1 Å². The van der Waals surface area contributed by atoms with E-state index >= 15 is 4.79 Å². The van der Waals surface area contributed by atoms with Crippen LogP contribution in [-0.2, 0) is 10.9 Å². The van der Waals surface area contributed by atoms with Crippen molar-refractivity contribution in [2.75, 3.05) is 39.2 Å². The number of urea groups is 1. The van der Waals surface area contributed by atoms with E-state index in [1.165, 1.54) is 18.2 Å². The second-order valence-electron chi connectivity index (χ2n) is 17.9. The number of aliphatic hydroxyl groups excluding tert-OH is 1. The van der Waals surface area contributed by atoms with Gasteiger partial charge in [-0.05, 0) is 123 Å². The van der Waals surface area contributed by atoms with Gasteiger partial charge >= 0.3 is 12.2 Å². The molecule has 3 fully saturated rings. The number of fused-ring (bicyclic) bond motifs is 1. The number of allylic oxidation sites excluding steroid dienone is 4. The van der Waals surface area contributed by atoms with Crippen molar-refractivity contribution in [3.05, 3.63) is 94.7 Å². The van der Waals surface area contributed by atoms with Crippen LogP contribution in [0.3, 0.4) is 0 Å². The number of ketones is 1. The smallest absolute Gasteiger partial charge is 0.416 e. The highest BCUT2D eigenvalue weighted by Gasteiger charge is 2.74. The number of amides is 2. The van der Waals surface area contributed by atoms with Gasteiger partial charge in [0.2, 0.25) is 5.78 Å². The highest BCUT2D eigenvalue weighted by atomic mass is 35.5. The number of halogens is 4. The van der Waals surface area contributed by atoms with Gasteiger partial charge in [0.15, 0.2) is 5.76 Å². The number of hydrogen-bond acceptors (Lipinski definition) is 7. The van der Waals surface area contributed by atoms with E-state index in [0.29, 0.717) is 75.1 Å². The maximum absolute atomic E-state index is 15.1. The number of benzene rings is 2. The fraction of sp³-hybridized carbons (Fsp3) is 0.522. The third kappa shape index (κ3) is 6.55. The SMILES string of the molecule is COCCCN(CC1(O)CCC2C34C=CC5(C=C3C(=O)c3ccc(-c6cc(C(F)(F)F)ccc6Cl)o3)CC(O)CCC5(C)C4CCC21C)C(=O)Nc1ccc(OC)cc1. The molecule has 59 heavy (non-hydrogen) atoms. The van der Waals surface area contributed by atoms with Crippen molar-refractivity contribution in [3.8, 4) is 17.1 Å². The lowest BCUT2D eigenvalue weighted by Crippen LogP contribution is -2.67. The number of nitrogens with zero attached hydrogens (tertiary/aromatic N) is 1. The quantitative estimate of drug-likeness (QED) is 0.0999. The van der Waals surface area contributed by atoms with Crippen LogP contribution in [0, 0.1) is 33.5 Å². The van der Waals surface area contributed by atoms with Crippen LogP contribution in [0.25, 0.3) is 11.3 Å². The number of furan rings is 1. The predicted molar refractivity (Wildman–Crippen MR) is 217 cm³/mol. The molecule has 0 aliphatic heterocycles. The van der Waals surface area contributed by atoms with Crippen LogP contribution in [0.15, 0.2) is 82.8 Å². The fourth-order valence-corrected chi connectivity index (χ4v) is 12.3. The number of Topliss-reactive ketones (excluding diaryl/α,β-unsaturated/α-hetero) is 1. The molecule has 1 aromatic heterocycles. The number of rotatable bonds is 11. The van der Waals surface area contributed by atoms with Crippen molar-refractivity contribution in [3.63, 3.8) is 0 Å². The summed E-state index contributed by atoms with van der Waals surface area (Å²) in [4.78, 5) is 30.8. The van der Waals surface area contributed by atoms with Gasteiger partial charge < -0.3 is 34.3 Å². The lowest BCUT2D eigenvalue weighted by molar-refractivity contribution is -0.174. The Morgan fingerprint density at radius 2 is 1.68 bits per heavy atom. The van der Waals surface area contributed by atoms with Gasteiger partial charge in [-0.15, -0.1) is 0 Å². The number of nitrogens with one attached hydrogen (secondary N) is 1. The average Bonchev–Trinajstić information content (AvgIpc) is 3.80. The minimum absolute atomic E-state index is 0.0135. The molecule has 0 radical (unpaired) electrons. The Kier molecular flexibility index (Phi) is 10.5. The Labute approximate surface area is 347 Å². The molecule has 3 aromatic rings. The molecule has 3 saturated carbocycles. The molecule has 316 valence electrons. The molecular formula is C46H52ClF3N2O7. The summed E-state index contributed by atoms with van der Waals surface area (Å²) in [7, 11) is 3.18. The number of carbonyl (C=O) groups is 2. The van der Waals surface area contributed by atoms with Gasteiger partial charge in [-0.3, -0.25) is 4.79 Å². The van der Waals surface area contributed by atoms with Crippen LogP contribution in [0.1, 0.15) is 81.3 Å². The highest BCUT2D eigenvalue weighted by Crippen LogP contribution is 2.78. The molecular weight excluding hydrogens is 785 g/mol. The molecule has 0 saturated heterocycles. The van der Waals surface area contributed by atoms with E-state index in [2.05, 4.69) is 37.4 Å². The Morgan fingerprint density at radius 3 is 2.39 bits per heavy atom. The van der Waals surface area contributed by atoms with E-state index < -0.39 is 39.7 Å². The molecule has 3 N–H and O–H groups in total. The molecule has 2 amide bonds. The lowest BCUT2D eigenvalue weighted by Gasteiger charge is -2.71. The van der Waals surface area contributed by atoms with Gasteiger partial charge in [0, 0.05) is 53.3 Å². The van der Waals surface area contributed by atoms with Crippen molar-refractivity contribution in [1.82, 2.24) is 4.90 Å². The van der Waals surface area contributed by atoms with Crippen LogP contribution in [0.4, 0.5) is 23.7 Å². The van der Waals surface area contributed by atoms with Gasteiger partial charge in [-0.2, -0.15) is 13.2 Å². The maximum atomic E-state index is 15.1. The van der Waals surface area contributed by atoms with Crippen LogP contribution in [0.2, 0.25) is 5.02 Å². The van der Waals surface area contributed by atoms with E-state index in [1.807, 2.05) is 0 Å². The normalized spacial score (nSPS) is 33.1. The predicted octanol–water partition coefficient (Wildman–Crippen LogP) is 9.97. The third-order valence-electron chi connectivity index (χ3n) is 15.2. The topological polar surface area (TPSA) is 121 Å². The highest BCUT2D eigenvalue weighted by molar-refractivity contribution is 6.33. The zero-order chi connectivity index (χ0) is 42.2. The molecule has 9 rings (SSSR count). The maximum Gasteiger partial charge on any atom is 0.416 e. The van der Waals surface area contributed by atoms with Crippen LogP contribution in [-0.4, -0.2) is 72.5 Å². The second-order valence-corrected chi connectivity index (χ2v) is 18.3. The molecule has 8 unspecified atom stereocenters. The largest absolute Gasteiger partial charge is 0.497 e. The van der Waals surface area contributed by atoms with E-state index in [9.17, 15) is 28.2 Å². The zero-order valence-electron chi connectivity index (χ0n) is 33.8. The number of alkyl halides is 3. The Bertz CT molecular complexity index is 2190. The van der Waals surface area contributed by atoms with Crippen LogP contribution >= 0.6 is 11.6 Å². The number of aliphatic hydroxyl groups is 2. The Hall–Kier alpha value is -4.10. The summed E-state index contributed by atoms with van der Waals surface area (Å²) in [5.41, 5.74) is -3.55. The average molecular weight is 837 g/mol. The van der Waals surface area contributed by atoms with Crippen LogP contribution in [0.5, 0.6) is 5.75 Å². The van der Waals surface area contributed by atoms with Gasteiger partial charge in [0.1, 0.15) is 11.5 Å². The Morgan fingerprint density at radius 1 is 0.966 bits per heavy atom. The summed E-state index contributed by atoms with van der Waals surface area (Å²) in [6, 6.07) is 12.7. The molecule has 13 heteroatoms.